The van der Waals surface area contributed by atoms with Gasteiger partial charge in [0.2, 0.25) is 0 Å². The summed E-state index contributed by atoms with van der Waals surface area (Å²) in [5.41, 5.74) is 1.06. The van der Waals surface area contributed by atoms with Crippen LogP contribution < -0.4 is 5.56 Å². The highest BCUT2D eigenvalue weighted by Crippen LogP contribution is 2.01. The molecule has 0 saturated carbocycles. The summed E-state index contributed by atoms with van der Waals surface area (Å²) in [4.78, 5) is 11.0. The van der Waals surface area contributed by atoms with Crippen LogP contribution in [-0.4, -0.2) is 9.78 Å². The topological polar surface area (TPSA) is 37.8 Å². The van der Waals surface area contributed by atoms with Crippen molar-refractivity contribution in [1.82, 2.24) is 9.78 Å². The first-order chi connectivity index (χ1) is 5.09. The molecule has 1 aromatic heterocycles. The van der Waals surface area contributed by atoms with Gasteiger partial charge in [0, 0.05) is 18.8 Å². The first-order valence-electron chi connectivity index (χ1n) is 3.84. The molecular formula is C8H14N2O. The monoisotopic (exact) mass is 154 g/mol. The van der Waals surface area contributed by atoms with Gasteiger partial charge < -0.3 is 0 Å². The molecule has 3 nitrogen and oxygen atoms in total. The van der Waals surface area contributed by atoms with Gasteiger partial charge in [0.05, 0.1) is 0 Å². The largest absolute Gasteiger partial charge is 0.300 e. The van der Waals surface area contributed by atoms with E-state index in [4.69, 9.17) is 0 Å². The van der Waals surface area contributed by atoms with Crippen molar-refractivity contribution >= 4 is 0 Å². The minimum atomic E-state index is 0.0423. The Kier molecular flexibility index (Phi) is 2.17. The quantitative estimate of drug-likeness (QED) is 0.675. The molecule has 0 fully saturated rings. The molecule has 0 aliphatic rings. The summed E-state index contributed by atoms with van der Waals surface area (Å²) in [6.07, 6.45) is 0.941. The molecule has 0 radical (unpaired) electrons. The van der Waals surface area contributed by atoms with Gasteiger partial charge in [-0.3, -0.25) is 14.6 Å². The van der Waals surface area contributed by atoms with Crippen LogP contribution in [0, 0.1) is 5.92 Å². The molecule has 62 valence electrons. The Hall–Kier alpha value is -0.990. The smallest absolute Gasteiger partial charge is 0.266 e. The number of aromatic nitrogens is 2. The maximum absolute atomic E-state index is 11.0. The van der Waals surface area contributed by atoms with Gasteiger partial charge in [-0.15, -0.1) is 0 Å². The van der Waals surface area contributed by atoms with Crippen LogP contribution in [0.5, 0.6) is 0 Å². The Morgan fingerprint density at radius 1 is 1.64 bits per heavy atom. The molecule has 0 aromatic carbocycles. The Balaban J connectivity index is 2.81. The van der Waals surface area contributed by atoms with Crippen molar-refractivity contribution in [3.05, 3.63) is 22.1 Å². The van der Waals surface area contributed by atoms with Gasteiger partial charge in [-0.05, 0) is 12.3 Å². The van der Waals surface area contributed by atoms with Crippen molar-refractivity contribution in [1.29, 1.82) is 0 Å². The zero-order chi connectivity index (χ0) is 8.43. The molecule has 1 aromatic rings. The summed E-state index contributed by atoms with van der Waals surface area (Å²) in [6, 6.07) is 1.65. The lowest BCUT2D eigenvalue weighted by molar-refractivity contribution is 0.618. The minimum Gasteiger partial charge on any atom is -0.300 e. The first-order valence-corrected chi connectivity index (χ1v) is 3.84. The number of H-pyrrole nitrogens is 1. The van der Waals surface area contributed by atoms with E-state index in [9.17, 15) is 4.79 Å². The van der Waals surface area contributed by atoms with Crippen LogP contribution in [0.25, 0.3) is 0 Å². The maximum Gasteiger partial charge on any atom is 0.266 e. The van der Waals surface area contributed by atoms with E-state index in [1.54, 1.807) is 13.1 Å². The van der Waals surface area contributed by atoms with Crippen molar-refractivity contribution in [3.63, 3.8) is 0 Å². The number of hydrogen-bond donors (Lipinski definition) is 1. The normalized spacial score (nSPS) is 10.9. The molecule has 0 bridgehead atoms. The zero-order valence-electron chi connectivity index (χ0n) is 7.22. The predicted octanol–water partition coefficient (Wildman–Crippen LogP) is 0.912. The summed E-state index contributed by atoms with van der Waals surface area (Å²) < 4.78 is 1.50. The van der Waals surface area contributed by atoms with Crippen LogP contribution in [0.3, 0.4) is 0 Å². The molecular weight excluding hydrogens is 140 g/mol. The lowest BCUT2D eigenvalue weighted by atomic mass is 10.1. The maximum atomic E-state index is 11.0. The van der Waals surface area contributed by atoms with E-state index in [-0.39, 0.29) is 5.56 Å². The number of hydrogen-bond acceptors (Lipinski definition) is 1. The molecule has 1 N–H and O–H groups in total. The molecule has 0 aliphatic heterocycles. The minimum absolute atomic E-state index is 0.0423. The molecule has 0 spiro atoms. The van der Waals surface area contributed by atoms with Crippen molar-refractivity contribution in [2.24, 2.45) is 13.0 Å². The third kappa shape index (κ3) is 1.97. The molecule has 0 atom stereocenters. The Morgan fingerprint density at radius 2 is 2.27 bits per heavy atom. The highest BCUT2D eigenvalue weighted by Gasteiger charge is 2.01. The number of aromatic amines is 1. The van der Waals surface area contributed by atoms with E-state index < -0.39 is 0 Å². The van der Waals surface area contributed by atoms with Crippen LogP contribution in [0.15, 0.2) is 10.9 Å². The summed E-state index contributed by atoms with van der Waals surface area (Å²) >= 11 is 0. The third-order valence-corrected chi connectivity index (χ3v) is 1.57. The van der Waals surface area contributed by atoms with Gasteiger partial charge in [-0.1, -0.05) is 13.8 Å². The number of rotatable bonds is 2. The highest BCUT2D eigenvalue weighted by atomic mass is 16.1. The predicted molar refractivity (Wildman–Crippen MR) is 44.6 cm³/mol. The average molecular weight is 154 g/mol. The van der Waals surface area contributed by atoms with Gasteiger partial charge >= 0.3 is 0 Å². The Labute approximate surface area is 66.0 Å². The third-order valence-electron chi connectivity index (χ3n) is 1.57. The van der Waals surface area contributed by atoms with Crippen LogP contribution in [0.2, 0.25) is 0 Å². The van der Waals surface area contributed by atoms with Crippen molar-refractivity contribution < 1.29 is 0 Å². The average Bonchev–Trinajstić information content (AvgIpc) is 2.10. The molecule has 0 saturated heterocycles. The van der Waals surface area contributed by atoms with Crippen LogP contribution >= 0.6 is 0 Å². The van der Waals surface area contributed by atoms with E-state index >= 15 is 0 Å². The van der Waals surface area contributed by atoms with E-state index in [1.165, 1.54) is 4.68 Å². The van der Waals surface area contributed by atoms with E-state index in [0.717, 1.165) is 12.1 Å². The second-order valence-electron chi connectivity index (χ2n) is 3.28. The van der Waals surface area contributed by atoms with Gasteiger partial charge in [-0.2, -0.15) is 0 Å². The molecule has 3 heteroatoms. The van der Waals surface area contributed by atoms with Gasteiger partial charge in [0.25, 0.3) is 5.56 Å². The number of nitrogens with one attached hydrogen (secondary N) is 1. The lowest BCUT2D eigenvalue weighted by Crippen LogP contribution is -2.09. The first kappa shape index (κ1) is 8.11. The van der Waals surface area contributed by atoms with E-state index in [1.807, 2.05) is 0 Å². The Bertz CT molecular complexity index is 283. The molecule has 1 heterocycles. The van der Waals surface area contributed by atoms with Gasteiger partial charge in [-0.25, -0.2) is 0 Å². The fourth-order valence-electron chi connectivity index (χ4n) is 1.09. The molecule has 0 aliphatic carbocycles. The summed E-state index contributed by atoms with van der Waals surface area (Å²) in [7, 11) is 1.73. The van der Waals surface area contributed by atoms with Crippen molar-refractivity contribution in [2.75, 3.05) is 0 Å². The lowest BCUT2D eigenvalue weighted by Gasteiger charge is -1.99. The zero-order valence-corrected chi connectivity index (χ0v) is 7.22. The standard InChI is InChI=1S/C8H14N2O/c1-6(2)4-7-5-8(11)10(3)9-7/h5-6,9H,4H2,1-3H3. The second kappa shape index (κ2) is 2.95. The summed E-state index contributed by atoms with van der Waals surface area (Å²) in [5.74, 6) is 0.591. The summed E-state index contributed by atoms with van der Waals surface area (Å²) in [5, 5.41) is 2.98. The molecule has 1 rings (SSSR count). The van der Waals surface area contributed by atoms with E-state index in [2.05, 4.69) is 18.9 Å². The molecule has 0 unspecified atom stereocenters. The summed E-state index contributed by atoms with van der Waals surface area (Å²) in [6.45, 7) is 4.26. The van der Waals surface area contributed by atoms with Gasteiger partial charge in [0.15, 0.2) is 0 Å². The second-order valence-corrected chi connectivity index (χ2v) is 3.28. The van der Waals surface area contributed by atoms with Crippen molar-refractivity contribution in [3.8, 4) is 0 Å². The molecule has 0 amide bonds. The SMILES string of the molecule is CC(C)Cc1cc(=O)n(C)[nH]1. The van der Waals surface area contributed by atoms with Crippen molar-refractivity contribution in [2.45, 2.75) is 20.3 Å². The Morgan fingerprint density at radius 3 is 2.64 bits per heavy atom. The number of aryl methyl sites for hydroxylation is 1. The fraction of sp³-hybridized carbons (Fsp3) is 0.625. The van der Waals surface area contributed by atoms with Crippen LogP contribution in [-0.2, 0) is 13.5 Å². The molecule has 11 heavy (non-hydrogen) atoms. The fourth-order valence-corrected chi connectivity index (χ4v) is 1.09. The van der Waals surface area contributed by atoms with Crippen LogP contribution in [0.4, 0.5) is 0 Å². The van der Waals surface area contributed by atoms with E-state index in [0.29, 0.717) is 5.92 Å². The number of nitrogens with zero attached hydrogens (tertiary/aromatic N) is 1. The highest BCUT2D eigenvalue weighted by molar-refractivity contribution is 4.99. The van der Waals surface area contributed by atoms with Crippen LogP contribution in [0.1, 0.15) is 19.5 Å². The van der Waals surface area contributed by atoms with Gasteiger partial charge in [0.1, 0.15) is 0 Å².